The van der Waals surface area contributed by atoms with Gasteiger partial charge in [-0.25, -0.2) is 4.39 Å². The van der Waals surface area contributed by atoms with Gasteiger partial charge in [0, 0.05) is 29.8 Å². The van der Waals surface area contributed by atoms with Crippen LogP contribution < -0.4 is 4.74 Å². The third-order valence-corrected chi connectivity index (χ3v) is 5.40. The van der Waals surface area contributed by atoms with Gasteiger partial charge in [0.25, 0.3) is 11.6 Å². The lowest BCUT2D eigenvalue weighted by Crippen LogP contribution is -2.27. The Morgan fingerprint density at radius 1 is 1.32 bits per heavy atom. The standard InChI is InChI=1S/C19H15FN2O4S2/c1-2-21-18(23)17(28-19(21)27)10-13-9-14(22(24)25)7-8-16(13)26-11-12-5-3-4-6-15(12)20/h3-10H,2,11H2,1H3. The van der Waals surface area contributed by atoms with Crippen LogP contribution in [0.1, 0.15) is 18.1 Å². The van der Waals surface area contributed by atoms with Crippen LogP contribution in [0.2, 0.25) is 0 Å². The van der Waals surface area contributed by atoms with Crippen molar-refractivity contribution in [3.63, 3.8) is 0 Å². The molecule has 28 heavy (non-hydrogen) atoms. The molecule has 0 unspecified atom stereocenters. The largest absolute Gasteiger partial charge is 0.488 e. The van der Waals surface area contributed by atoms with E-state index < -0.39 is 10.7 Å². The first-order valence-electron chi connectivity index (χ1n) is 8.30. The maximum atomic E-state index is 13.8. The van der Waals surface area contributed by atoms with Gasteiger partial charge >= 0.3 is 0 Å². The lowest BCUT2D eigenvalue weighted by atomic mass is 10.1. The van der Waals surface area contributed by atoms with Crippen LogP contribution >= 0.6 is 24.0 Å². The SMILES string of the molecule is CCN1C(=O)C(=Cc2cc([N+](=O)[O-])ccc2OCc2ccccc2F)SC1=S. The van der Waals surface area contributed by atoms with Crippen LogP contribution in [0.15, 0.2) is 47.4 Å². The van der Waals surface area contributed by atoms with E-state index in [4.69, 9.17) is 17.0 Å². The van der Waals surface area contributed by atoms with Crippen LogP contribution in [0, 0.1) is 15.9 Å². The van der Waals surface area contributed by atoms with E-state index in [-0.39, 0.29) is 18.2 Å². The summed E-state index contributed by atoms with van der Waals surface area (Å²) in [6.45, 7) is 2.19. The molecule has 1 aliphatic rings. The molecule has 2 aromatic carbocycles. The molecule has 0 spiro atoms. The summed E-state index contributed by atoms with van der Waals surface area (Å²) in [6.07, 6.45) is 1.51. The van der Waals surface area contributed by atoms with Crippen molar-refractivity contribution in [1.82, 2.24) is 4.90 Å². The van der Waals surface area contributed by atoms with Crippen molar-refractivity contribution in [2.45, 2.75) is 13.5 Å². The number of nitro groups is 1. The van der Waals surface area contributed by atoms with E-state index in [9.17, 15) is 19.3 Å². The average Bonchev–Trinajstić information content (AvgIpc) is 2.94. The molecule has 3 rings (SSSR count). The fraction of sp³-hybridized carbons (Fsp3) is 0.158. The molecular formula is C19H15FN2O4S2. The number of benzene rings is 2. The zero-order valence-corrected chi connectivity index (χ0v) is 16.4. The van der Waals surface area contributed by atoms with Crippen LogP contribution in [0.4, 0.5) is 10.1 Å². The highest BCUT2D eigenvalue weighted by Gasteiger charge is 2.31. The number of amides is 1. The summed E-state index contributed by atoms with van der Waals surface area (Å²) < 4.78 is 19.9. The van der Waals surface area contributed by atoms with Crippen LogP contribution in [-0.4, -0.2) is 26.6 Å². The first-order chi connectivity index (χ1) is 13.4. The number of non-ortho nitro benzene ring substituents is 1. The second kappa shape index (κ2) is 8.49. The highest BCUT2D eigenvalue weighted by molar-refractivity contribution is 8.26. The summed E-state index contributed by atoms with van der Waals surface area (Å²) in [4.78, 5) is 24.8. The van der Waals surface area contributed by atoms with E-state index in [0.717, 1.165) is 11.8 Å². The molecule has 0 aromatic heterocycles. The molecule has 6 nitrogen and oxygen atoms in total. The number of nitro benzene ring substituents is 1. The summed E-state index contributed by atoms with van der Waals surface area (Å²) in [5.74, 6) is -0.366. The Morgan fingerprint density at radius 3 is 2.71 bits per heavy atom. The van der Waals surface area contributed by atoms with E-state index in [1.807, 2.05) is 6.92 Å². The smallest absolute Gasteiger partial charge is 0.270 e. The molecule has 144 valence electrons. The van der Waals surface area contributed by atoms with Gasteiger partial charge in [-0.3, -0.25) is 19.8 Å². The minimum atomic E-state index is -0.532. The Labute approximate surface area is 170 Å². The number of hydrogen-bond acceptors (Lipinski definition) is 6. The molecular weight excluding hydrogens is 403 g/mol. The number of hydrogen-bond donors (Lipinski definition) is 0. The highest BCUT2D eigenvalue weighted by atomic mass is 32.2. The maximum absolute atomic E-state index is 13.8. The predicted molar refractivity (Wildman–Crippen MR) is 109 cm³/mol. The summed E-state index contributed by atoms with van der Waals surface area (Å²) in [5.41, 5.74) is 0.557. The summed E-state index contributed by atoms with van der Waals surface area (Å²) in [7, 11) is 0. The fourth-order valence-electron chi connectivity index (χ4n) is 2.58. The van der Waals surface area contributed by atoms with E-state index in [1.54, 1.807) is 18.2 Å². The zero-order chi connectivity index (χ0) is 20.3. The number of ether oxygens (including phenoxy) is 1. The quantitative estimate of drug-likeness (QED) is 0.297. The molecule has 0 saturated carbocycles. The topological polar surface area (TPSA) is 72.7 Å². The van der Waals surface area contributed by atoms with E-state index in [0.29, 0.717) is 32.6 Å². The molecule has 0 radical (unpaired) electrons. The van der Waals surface area contributed by atoms with Gasteiger partial charge in [0.05, 0.1) is 9.83 Å². The van der Waals surface area contributed by atoms with Crippen molar-refractivity contribution in [1.29, 1.82) is 0 Å². The Hall–Kier alpha value is -2.78. The van der Waals surface area contributed by atoms with Gasteiger partial charge in [0.2, 0.25) is 0 Å². The van der Waals surface area contributed by atoms with Crippen molar-refractivity contribution in [3.05, 3.63) is 74.4 Å². The van der Waals surface area contributed by atoms with Gasteiger partial charge in [-0.1, -0.05) is 42.2 Å². The number of rotatable bonds is 6. The molecule has 0 bridgehead atoms. The normalized spacial score (nSPS) is 15.4. The number of likely N-dealkylation sites (N-methyl/N-ethyl adjacent to an activating group) is 1. The minimum absolute atomic E-state index is 0.0543. The number of nitrogens with zero attached hydrogens (tertiary/aromatic N) is 2. The molecule has 1 heterocycles. The zero-order valence-electron chi connectivity index (χ0n) is 14.8. The fourth-order valence-corrected chi connectivity index (χ4v) is 3.95. The van der Waals surface area contributed by atoms with Gasteiger partial charge in [-0.05, 0) is 25.1 Å². The van der Waals surface area contributed by atoms with Crippen LogP contribution in [0.3, 0.4) is 0 Å². The average molecular weight is 418 g/mol. The molecule has 2 aromatic rings. The number of halogens is 1. The number of carbonyl (C=O) groups is 1. The Bertz CT molecular complexity index is 994. The Kier molecular flexibility index (Phi) is 6.05. The van der Waals surface area contributed by atoms with Crippen molar-refractivity contribution >= 4 is 46.0 Å². The monoisotopic (exact) mass is 418 g/mol. The van der Waals surface area contributed by atoms with Gasteiger partial charge in [0.15, 0.2) is 0 Å². The molecule has 1 amide bonds. The van der Waals surface area contributed by atoms with Gasteiger partial charge < -0.3 is 4.74 Å². The molecule has 1 aliphatic heterocycles. The van der Waals surface area contributed by atoms with Crippen molar-refractivity contribution < 1.29 is 18.8 Å². The first kappa shape index (κ1) is 20.0. The summed E-state index contributed by atoms with van der Waals surface area (Å²) in [6, 6.07) is 10.2. The van der Waals surface area contributed by atoms with E-state index in [1.165, 1.54) is 35.2 Å². The molecule has 1 fully saturated rings. The number of thioether (sulfide) groups is 1. The van der Waals surface area contributed by atoms with Crippen molar-refractivity contribution in [2.75, 3.05) is 6.54 Å². The molecule has 0 atom stereocenters. The van der Waals surface area contributed by atoms with Crippen LogP contribution in [-0.2, 0) is 11.4 Å². The molecule has 0 aliphatic carbocycles. The molecule has 0 N–H and O–H groups in total. The Morgan fingerprint density at radius 2 is 2.07 bits per heavy atom. The molecule has 1 saturated heterocycles. The van der Waals surface area contributed by atoms with Gasteiger partial charge in [-0.15, -0.1) is 0 Å². The lowest BCUT2D eigenvalue weighted by molar-refractivity contribution is -0.384. The van der Waals surface area contributed by atoms with E-state index in [2.05, 4.69) is 0 Å². The van der Waals surface area contributed by atoms with Crippen LogP contribution in [0.25, 0.3) is 6.08 Å². The first-order valence-corrected chi connectivity index (χ1v) is 9.53. The van der Waals surface area contributed by atoms with E-state index >= 15 is 0 Å². The molecule has 9 heteroatoms. The van der Waals surface area contributed by atoms with Gasteiger partial charge in [-0.2, -0.15) is 0 Å². The Balaban J connectivity index is 1.94. The number of thiocarbonyl (C=S) groups is 1. The van der Waals surface area contributed by atoms with Crippen molar-refractivity contribution in [2.24, 2.45) is 0 Å². The highest BCUT2D eigenvalue weighted by Crippen LogP contribution is 2.35. The summed E-state index contributed by atoms with van der Waals surface area (Å²) >= 11 is 6.31. The van der Waals surface area contributed by atoms with Crippen molar-refractivity contribution in [3.8, 4) is 5.75 Å². The van der Waals surface area contributed by atoms with Crippen LogP contribution in [0.5, 0.6) is 5.75 Å². The van der Waals surface area contributed by atoms with Gasteiger partial charge in [0.1, 0.15) is 22.5 Å². The summed E-state index contributed by atoms with van der Waals surface area (Å²) in [5, 5.41) is 11.1. The minimum Gasteiger partial charge on any atom is -0.488 e. The number of carbonyl (C=O) groups excluding carboxylic acids is 1. The predicted octanol–water partition coefficient (Wildman–Crippen LogP) is 4.53. The third kappa shape index (κ3) is 4.20. The second-order valence-corrected chi connectivity index (χ2v) is 7.46. The lowest BCUT2D eigenvalue weighted by Gasteiger charge is -2.11. The second-order valence-electron chi connectivity index (χ2n) is 5.79. The maximum Gasteiger partial charge on any atom is 0.270 e. The third-order valence-electron chi connectivity index (χ3n) is 4.02.